The summed E-state index contributed by atoms with van der Waals surface area (Å²) in [4.78, 5) is 13.2. The summed E-state index contributed by atoms with van der Waals surface area (Å²) >= 11 is 3.51. The highest BCUT2D eigenvalue weighted by molar-refractivity contribution is 9.10. The third kappa shape index (κ3) is 2.90. The molecule has 1 unspecified atom stereocenters. The van der Waals surface area contributed by atoms with E-state index in [-0.39, 0.29) is 0 Å². The average molecular weight is 315 g/mol. The van der Waals surface area contributed by atoms with Gasteiger partial charge in [-0.25, -0.2) is 10.8 Å². The van der Waals surface area contributed by atoms with Crippen molar-refractivity contribution >= 4 is 27.7 Å². The van der Waals surface area contributed by atoms with Gasteiger partial charge in [0.15, 0.2) is 0 Å². The van der Waals surface area contributed by atoms with Crippen LogP contribution in [0.2, 0.25) is 0 Å². The molecule has 2 heterocycles. The van der Waals surface area contributed by atoms with Crippen LogP contribution in [0.3, 0.4) is 0 Å². The van der Waals surface area contributed by atoms with Gasteiger partial charge < -0.3 is 9.80 Å². The second kappa shape index (κ2) is 5.81. The van der Waals surface area contributed by atoms with Gasteiger partial charge in [-0.15, -0.1) is 0 Å². The number of nitrogens with one attached hydrogen (secondary N) is 1. The molecule has 1 aliphatic rings. The van der Waals surface area contributed by atoms with Crippen molar-refractivity contribution in [3.05, 3.63) is 10.7 Å². The summed E-state index contributed by atoms with van der Waals surface area (Å²) < 4.78 is 0.901. The molecule has 0 bridgehead atoms. The van der Waals surface area contributed by atoms with E-state index >= 15 is 0 Å². The van der Waals surface area contributed by atoms with Crippen molar-refractivity contribution in [1.82, 2.24) is 14.9 Å². The van der Waals surface area contributed by atoms with Crippen molar-refractivity contribution in [3.8, 4) is 0 Å². The smallest absolute Gasteiger partial charge is 0.239 e. The van der Waals surface area contributed by atoms with Gasteiger partial charge in [-0.05, 0) is 42.9 Å². The zero-order valence-corrected chi connectivity index (χ0v) is 12.3. The minimum Gasteiger partial charge on any atom is -0.351 e. The van der Waals surface area contributed by atoms with E-state index in [2.05, 4.69) is 55.1 Å². The lowest BCUT2D eigenvalue weighted by Gasteiger charge is -2.29. The van der Waals surface area contributed by atoms with E-state index in [1.807, 2.05) is 0 Å². The Morgan fingerprint density at radius 3 is 3.00 bits per heavy atom. The Morgan fingerprint density at radius 1 is 1.50 bits per heavy atom. The molecule has 1 saturated heterocycles. The number of halogens is 1. The standard InChI is InChI=1S/C11H19BrN6/c1-8-7-17(2)4-3-5-18(8)10-9(12)6-14-11(15-10)16-13/h6,8H,3-5,7,13H2,1-2H3,(H,14,15,16). The van der Waals surface area contributed by atoms with Crippen LogP contribution in [0.25, 0.3) is 0 Å². The van der Waals surface area contributed by atoms with E-state index in [1.54, 1.807) is 6.20 Å². The van der Waals surface area contributed by atoms with Crippen LogP contribution in [0.5, 0.6) is 0 Å². The molecular formula is C11H19BrN6. The molecule has 2 rings (SSSR count). The molecule has 0 aliphatic carbocycles. The molecule has 1 atom stereocenters. The maximum Gasteiger partial charge on any atom is 0.239 e. The van der Waals surface area contributed by atoms with Crippen LogP contribution in [0.4, 0.5) is 11.8 Å². The summed E-state index contributed by atoms with van der Waals surface area (Å²) in [7, 11) is 2.15. The van der Waals surface area contributed by atoms with Crippen LogP contribution in [0.15, 0.2) is 10.7 Å². The fraction of sp³-hybridized carbons (Fsp3) is 0.636. The van der Waals surface area contributed by atoms with Crippen molar-refractivity contribution in [1.29, 1.82) is 0 Å². The molecule has 100 valence electrons. The summed E-state index contributed by atoms with van der Waals surface area (Å²) in [6.45, 7) is 5.35. The number of hydrazine groups is 1. The lowest BCUT2D eigenvalue weighted by Crippen LogP contribution is -2.38. The fourth-order valence-corrected chi connectivity index (χ4v) is 2.73. The molecule has 1 aromatic rings. The second-order valence-electron chi connectivity index (χ2n) is 4.67. The molecule has 0 spiro atoms. The van der Waals surface area contributed by atoms with Crippen LogP contribution in [-0.4, -0.2) is 47.6 Å². The highest BCUT2D eigenvalue weighted by Gasteiger charge is 2.23. The lowest BCUT2D eigenvalue weighted by atomic mass is 10.2. The largest absolute Gasteiger partial charge is 0.351 e. The SMILES string of the molecule is CC1CN(C)CCCN1c1nc(NN)ncc1Br. The Balaban J connectivity index is 2.28. The van der Waals surface area contributed by atoms with E-state index in [4.69, 9.17) is 5.84 Å². The number of nitrogens with two attached hydrogens (primary N) is 1. The predicted molar refractivity (Wildman–Crippen MR) is 76.5 cm³/mol. The molecule has 18 heavy (non-hydrogen) atoms. The number of hydrogen-bond acceptors (Lipinski definition) is 6. The summed E-state index contributed by atoms with van der Waals surface area (Å²) in [5, 5.41) is 0. The number of nitrogens with zero attached hydrogens (tertiary/aromatic N) is 4. The number of rotatable bonds is 2. The van der Waals surface area contributed by atoms with Gasteiger partial charge in [0.1, 0.15) is 5.82 Å². The molecule has 0 saturated carbocycles. The third-order valence-corrected chi connectivity index (χ3v) is 3.73. The Hall–Kier alpha value is -0.920. The molecule has 0 radical (unpaired) electrons. The molecule has 1 aliphatic heterocycles. The second-order valence-corrected chi connectivity index (χ2v) is 5.52. The molecule has 7 heteroatoms. The normalized spacial score (nSPS) is 21.8. The number of anilines is 2. The summed E-state index contributed by atoms with van der Waals surface area (Å²) in [6.07, 6.45) is 2.86. The van der Waals surface area contributed by atoms with Gasteiger partial charge in [0.2, 0.25) is 5.95 Å². The zero-order valence-electron chi connectivity index (χ0n) is 10.7. The third-order valence-electron chi connectivity index (χ3n) is 3.17. The molecule has 0 amide bonds. The van der Waals surface area contributed by atoms with Crippen LogP contribution in [0, 0.1) is 0 Å². The predicted octanol–water partition coefficient (Wildman–Crippen LogP) is 1.06. The molecular weight excluding hydrogens is 296 g/mol. The van der Waals surface area contributed by atoms with Gasteiger partial charge in [0, 0.05) is 25.3 Å². The lowest BCUT2D eigenvalue weighted by molar-refractivity contribution is 0.337. The first-order valence-electron chi connectivity index (χ1n) is 6.06. The highest BCUT2D eigenvalue weighted by Crippen LogP contribution is 2.27. The monoisotopic (exact) mass is 314 g/mol. The minimum absolute atomic E-state index is 0.411. The molecule has 1 fully saturated rings. The van der Waals surface area contributed by atoms with Crippen LogP contribution < -0.4 is 16.2 Å². The molecule has 0 aromatic carbocycles. The van der Waals surface area contributed by atoms with Crippen LogP contribution in [-0.2, 0) is 0 Å². The highest BCUT2D eigenvalue weighted by atomic mass is 79.9. The average Bonchev–Trinajstić information content (AvgIpc) is 2.51. The Kier molecular flexibility index (Phi) is 4.36. The van der Waals surface area contributed by atoms with E-state index < -0.39 is 0 Å². The fourth-order valence-electron chi connectivity index (χ4n) is 2.32. The van der Waals surface area contributed by atoms with E-state index in [9.17, 15) is 0 Å². The Labute approximate surface area is 116 Å². The summed E-state index contributed by atoms with van der Waals surface area (Å²) in [6, 6.07) is 0.411. The van der Waals surface area contributed by atoms with Crippen molar-refractivity contribution in [2.24, 2.45) is 5.84 Å². The molecule has 1 aromatic heterocycles. The van der Waals surface area contributed by atoms with Gasteiger partial charge in [0.05, 0.1) is 4.47 Å². The topological polar surface area (TPSA) is 70.3 Å². The van der Waals surface area contributed by atoms with Crippen molar-refractivity contribution in [2.45, 2.75) is 19.4 Å². The maximum atomic E-state index is 5.37. The van der Waals surface area contributed by atoms with Crippen LogP contribution >= 0.6 is 15.9 Å². The van der Waals surface area contributed by atoms with Gasteiger partial charge in [-0.2, -0.15) is 4.98 Å². The van der Waals surface area contributed by atoms with Crippen LogP contribution in [0.1, 0.15) is 13.3 Å². The van der Waals surface area contributed by atoms with E-state index in [1.165, 1.54) is 0 Å². The molecule has 6 nitrogen and oxygen atoms in total. The van der Waals surface area contributed by atoms with Gasteiger partial charge in [0.25, 0.3) is 0 Å². The van der Waals surface area contributed by atoms with E-state index in [0.717, 1.165) is 36.3 Å². The number of likely N-dealkylation sites (N-methyl/N-ethyl adjacent to an activating group) is 1. The van der Waals surface area contributed by atoms with Crippen molar-refractivity contribution < 1.29 is 0 Å². The Morgan fingerprint density at radius 2 is 2.28 bits per heavy atom. The summed E-state index contributed by atoms with van der Waals surface area (Å²) in [5.41, 5.74) is 2.49. The summed E-state index contributed by atoms with van der Waals surface area (Å²) in [5.74, 6) is 6.71. The molecule has 3 N–H and O–H groups in total. The first-order valence-corrected chi connectivity index (χ1v) is 6.85. The van der Waals surface area contributed by atoms with Gasteiger partial charge in [-0.1, -0.05) is 0 Å². The number of hydrogen-bond donors (Lipinski definition) is 2. The number of nitrogen functional groups attached to an aromatic ring is 1. The maximum absolute atomic E-state index is 5.37. The van der Waals surface area contributed by atoms with Gasteiger partial charge in [-0.3, -0.25) is 5.43 Å². The quantitative estimate of drug-likeness (QED) is 0.628. The number of aromatic nitrogens is 2. The zero-order chi connectivity index (χ0) is 13.1. The Bertz CT molecular complexity index is 413. The van der Waals surface area contributed by atoms with Crippen molar-refractivity contribution in [2.75, 3.05) is 37.0 Å². The van der Waals surface area contributed by atoms with Gasteiger partial charge >= 0.3 is 0 Å². The van der Waals surface area contributed by atoms with Crippen molar-refractivity contribution in [3.63, 3.8) is 0 Å². The first kappa shape index (κ1) is 13.5. The minimum atomic E-state index is 0.411. The van der Waals surface area contributed by atoms with E-state index in [0.29, 0.717) is 12.0 Å². The first-order chi connectivity index (χ1) is 8.61.